The summed E-state index contributed by atoms with van der Waals surface area (Å²) in [4.78, 5) is 2.38. The van der Waals surface area contributed by atoms with Crippen molar-refractivity contribution in [3.05, 3.63) is 29.3 Å². The Labute approximate surface area is 97.2 Å². The third kappa shape index (κ3) is 2.20. The molecule has 0 spiro atoms. The summed E-state index contributed by atoms with van der Waals surface area (Å²) in [6.45, 7) is 7.56. The zero-order valence-electron chi connectivity index (χ0n) is 10.1. The topological polar surface area (TPSA) is 38.5 Å². The Morgan fingerprint density at radius 2 is 2.25 bits per heavy atom. The molecule has 1 aliphatic rings. The predicted molar refractivity (Wildman–Crippen MR) is 66.9 cm³/mol. The van der Waals surface area contributed by atoms with Crippen molar-refractivity contribution >= 4 is 5.69 Å². The second-order valence-electron chi connectivity index (χ2n) is 4.39. The molecule has 88 valence electrons. The molecule has 1 aliphatic heterocycles. The van der Waals surface area contributed by atoms with Crippen LogP contribution in [0.15, 0.2) is 18.2 Å². The quantitative estimate of drug-likeness (QED) is 0.820. The number of rotatable bonds is 2. The lowest BCUT2D eigenvalue weighted by Gasteiger charge is -2.35. The molecule has 16 heavy (non-hydrogen) atoms. The molecule has 2 N–H and O–H groups in total. The first-order chi connectivity index (χ1) is 7.72. The van der Waals surface area contributed by atoms with Crippen LogP contribution in [-0.2, 0) is 4.74 Å². The molecule has 3 heteroatoms. The van der Waals surface area contributed by atoms with Crippen molar-refractivity contribution in [1.82, 2.24) is 0 Å². The van der Waals surface area contributed by atoms with Gasteiger partial charge < -0.3 is 15.4 Å². The molecule has 2 rings (SSSR count). The van der Waals surface area contributed by atoms with Gasteiger partial charge in [-0.1, -0.05) is 12.1 Å². The largest absolute Gasteiger partial charge is 0.373 e. The van der Waals surface area contributed by atoms with Crippen molar-refractivity contribution in [2.75, 3.05) is 31.1 Å². The summed E-state index contributed by atoms with van der Waals surface area (Å²) in [6, 6.07) is 6.45. The number of nitrogens with two attached hydrogens (primary N) is 1. The smallest absolute Gasteiger partial charge is 0.0872 e. The first-order valence-electron chi connectivity index (χ1n) is 5.85. The maximum atomic E-state index is 5.66. The monoisotopic (exact) mass is 220 g/mol. The number of morpholine rings is 1. The van der Waals surface area contributed by atoms with Gasteiger partial charge in [0.25, 0.3) is 0 Å². The van der Waals surface area contributed by atoms with E-state index < -0.39 is 0 Å². The van der Waals surface area contributed by atoms with E-state index in [4.69, 9.17) is 10.5 Å². The van der Waals surface area contributed by atoms with Crippen LogP contribution < -0.4 is 10.6 Å². The molecule has 1 saturated heterocycles. The van der Waals surface area contributed by atoms with Gasteiger partial charge in [-0.05, 0) is 31.0 Å². The van der Waals surface area contributed by atoms with E-state index in [1.165, 1.54) is 16.8 Å². The number of nitrogens with zero attached hydrogens (tertiary/aromatic N) is 1. The lowest BCUT2D eigenvalue weighted by Crippen LogP contribution is -2.45. The molecule has 1 unspecified atom stereocenters. The van der Waals surface area contributed by atoms with Gasteiger partial charge in [0, 0.05) is 25.3 Å². The molecule has 0 amide bonds. The minimum atomic E-state index is 0.175. The van der Waals surface area contributed by atoms with Gasteiger partial charge in [0.05, 0.1) is 12.7 Å². The lowest BCUT2D eigenvalue weighted by molar-refractivity contribution is 0.0465. The van der Waals surface area contributed by atoms with Gasteiger partial charge in [0.2, 0.25) is 0 Å². The van der Waals surface area contributed by atoms with Crippen LogP contribution in [0.1, 0.15) is 11.1 Å². The van der Waals surface area contributed by atoms with Crippen molar-refractivity contribution < 1.29 is 4.74 Å². The molecule has 1 atom stereocenters. The number of anilines is 1. The average molecular weight is 220 g/mol. The number of hydrogen-bond donors (Lipinski definition) is 1. The Morgan fingerprint density at radius 1 is 1.44 bits per heavy atom. The summed E-state index contributed by atoms with van der Waals surface area (Å²) in [5, 5.41) is 0. The van der Waals surface area contributed by atoms with E-state index in [0.29, 0.717) is 6.54 Å². The summed E-state index contributed by atoms with van der Waals surface area (Å²) < 4.78 is 5.58. The van der Waals surface area contributed by atoms with Gasteiger partial charge in [-0.2, -0.15) is 0 Å². The second-order valence-corrected chi connectivity index (χ2v) is 4.39. The van der Waals surface area contributed by atoms with Gasteiger partial charge in [-0.3, -0.25) is 0 Å². The maximum absolute atomic E-state index is 5.66. The highest BCUT2D eigenvalue weighted by atomic mass is 16.5. The van der Waals surface area contributed by atoms with Crippen LogP contribution in [0.5, 0.6) is 0 Å². The van der Waals surface area contributed by atoms with Crippen LogP contribution >= 0.6 is 0 Å². The summed E-state index contributed by atoms with van der Waals surface area (Å²) >= 11 is 0. The molecule has 1 fully saturated rings. The minimum absolute atomic E-state index is 0.175. The van der Waals surface area contributed by atoms with Gasteiger partial charge in [0.15, 0.2) is 0 Å². The molecule has 1 aromatic carbocycles. The van der Waals surface area contributed by atoms with E-state index in [-0.39, 0.29) is 6.10 Å². The average Bonchev–Trinajstić information content (AvgIpc) is 2.33. The van der Waals surface area contributed by atoms with Crippen LogP contribution in [0.4, 0.5) is 5.69 Å². The zero-order chi connectivity index (χ0) is 11.5. The highest BCUT2D eigenvalue weighted by Gasteiger charge is 2.20. The zero-order valence-corrected chi connectivity index (χ0v) is 10.1. The van der Waals surface area contributed by atoms with Crippen LogP contribution in [0, 0.1) is 13.8 Å². The summed E-state index contributed by atoms with van der Waals surface area (Å²) in [6.07, 6.45) is 0.175. The Kier molecular flexibility index (Phi) is 3.46. The fourth-order valence-corrected chi connectivity index (χ4v) is 2.16. The third-order valence-electron chi connectivity index (χ3n) is 3.32. The Morgan fingerprint density at radius 3 is 3.00 bits per heavy atom. The second kappa shape index (κ2) is 4.85. The summed E-state index contributed by atoms with van der Waals surface area (Å²) in [5.74, 6) is 0. The Bertz CT molecular complexity index is 365. The van der Waals surface area contributed by atoms with Crippen LogP contribution in [0.2, 0.25) is 0 Å². The summed E-state index contributed by atoms with van der Waals surface area (Å²) in [5.41, 5.74) is 9.68. The summed E-state index contributed by atoms with van der Waals surface area (Å²) in [7, 11) is 0. The molecule has 0 aliphatic carbocycles. The molecular weight excluding hydrogens is 200 g/mol. The highest BCUT2D eigenvalue weighted by molar-refractivity contribution is 5.56. The van der Waals surface area contributed by atoms with Crippen molar-refractivity contribution in [3.8, 4) is 0 Å². The molecule has 1 aromatic rings. The molecule has 1 heterocycles. The third-order valence-corrected chi connectivity index (χ3v) is 3.32. The fourth-order valence-electron chi connectivity index (χ4n) is 2.16. The van der Waals surface area contributed by atoms with E-state index >= 15 is 0 Å². The predicted octanol–water partition coefficient (Wildman–Crippen LogP) is 1.47. The lowest BCUT2D eigenvalue weighted by atomic mass is 10.1. The fraction of sp³-hybridized carbons (Fsp3) is 0.538. The number of aryl methyl sites for hydroxylation is 1. The standard InChI is InChI=1S/C13H20N2O/c1-10-4-3-5-13(11(10)2)15-6-7-16-12(8-14)9-15/h3-5,12H,6-9,14H2,1-2H3. The van der Waals surface area contributed by atoms with E-state index in [0.717, 1.165) is 19.7 Å². The Hall–Kier alpha value is -1.06. The molecule has 3 nitrogen and oxygen atoms in total. The first-order valence-corrected chi connectivity index (χ1v) is 5.85. The van der Waals surface area contributed by atoms with Crippen LogP contribution in [-0.4, -0.2) is 32.3 Å². The van der Waals surface area contributed by atoms with Gasteiger partial charge in [0.1, 0.15) is 0 Å². The van der Waals surface area contributed by atoms with E-state index in [1.54, 1.807) is 0 Å². The normalized spacial score (nSPS) is 21.2. The molecular formula is C13H20N2O. The molecule has 0 bridgehead atoms. The van der Waals surface area contributed by atoms with Gasteiger partial charge >= 0.3 is 0 Å². The number of ether oxygens (including phenoxy) is 1. The van der Waals surface area contributed by atoms with Gasteiger partial charge in [-0.25, -0.2) is 0 Å². The van der Waals surface area contributed by atoms with E-state index in [1.807, 2.05) is 0 Å². The van der Waals surface area contributed by atoms with Gasteiger partial charge in [-0.15, -0.1) is 0 Å². The molecule has 0 aromatic heterocycles. The molecule has 0 radical (unpaired) electrons. The number of hydrogen-bond acceptors (Lipinski definition) is 3. The Balaban J connectivity index is 2.20. The van der Waals surface area contributed by atoms with Crippen molar-refractivity contribution in [2.45, 2.75) is 20.0 Å². The maximum Gasteiger partial charge on any atom is 0.0872 e. The van der Waals surface area contributed by atoms with Crippen molar-refractivity contribution in [2.24, 2.45) is 5.73 Å². The molecule has 0 saturated carbocycles. The van der Waals surface area contributed by atoms with Crippen molar-refractivity contribution in [3.63, 3.8) is 0 Å². The van der Waals surface area contributed by atoms with E-state index in [9.17, 15) is 0 Å². The van der Waals surface area contributed by atoms with E-state index in [2.05, 4.69) is 36.9 Å². The van der Waals surface area contributed by atoms with Crippen LogP contribution in [0.3, 0.4) is 0 Å². The first kappa shape index (κ1) is 11.4. The van der Waals surface area contributed by atoms with Crippen molar-refractivity contribution in [1.29, 1.82) is 0 Å². The number of benzene rings is 1. The SMILES string of the molecule is Cc1cccc(N2CCOC(CN)C2)c1C. The highest BCUT2D eigenvalue weighted by Crippen LogP contribution is 2.24. The van der Waals surface area contributed by atoms with Crippen LogP contribution in [0.25, 0.3) is 0 Å². The minimum Gasteiger partial charge on any atom is -0.373 e.